The molecule has 0 aliphatic carbocycles. The highest BCUT2D eigenvalue weighted by Gasteiger charge is 2.31. The van der Waals surface area contributed by atoms with Gasteiger partial charge in [0.2, 0.25) is 0 Å². The zero-order chi connectivity index (χ0) is 15.6. The highest BCUT2D eigenvalue weighted by atomic mass is 79.9. The smallest absolute Gasteiger partial charge is 0.145 e. The minimum atomic E-state index is -0.00366. The first-order chi connectivity index (χ1) is 9.88. The number of nitrogens with one attached hydrogen (secondary N) is 1. The van der Waals surface area contributed by atoms with Crippen LogP contribution in [0.5, 0.6) is 0 Å². The second-order valence-electron chi connectivity index (χ2n) is 6.20. The summed E-state index contributed by atoms with van der Waals surface area (Å²) in [4.78, 5) is 9.73. The molecule has 2 atom stereocenters. The molecule has 0 radical (unpaired) electrons. The summed E-state index contributed by atoms with van der Waals surface area (Å²) < 4.78 is 0.989. The molecule has 3 nitrogen and oxygen atoms in total. The van der Waals surface area contributed by atoms with E-state index >= 15 is 0 Å². The van der Waals surface area contributed by atoms with E-state index in [1.54, 1.807) is 0 Å². The number of hydrogen-bond acceptors (Lipinski definition) is 5. The Bertz CT molecular complexity index is 502. The van der Waals surface area contributed by atoms with Crippen molar-refractivity contribution in [3.8, 4) is 0 Å². The van der Waals surface area contributed by atoms with Gasteiger partial charge in [0, 0.05) is 29.2 Å². The van der Waals surface area contributed by atoms with E-state index in [0.29, 0.717) is 10.5 Å². The molecule has 2 heterocycles. The minimum Gasteiger partial charge on any atom is -0.372 e. The van der Waals surface area contributed by atoms with Crippen molar-refractivity contribution < 1.29 is 0 Å². The van der Waals surface area contributed by atoms with Crippen LogP contribution in [0.4, 0.5) is 5.82 Å². The molecule has 0 amide bonds. The predicted octanol–water partition coefficient (Wildman–Crippen LogP) is 4.88. The van der Waals surface area contributed by atoms with Crippen LogP contribution in [0.1, 0.15) is 50.9 Å². The molecule has 21 heavy (non-hydrogen) atoms. The molecule has 0 spiro atoms. The van der Waals surface area contributed by atoms with Gasteiger partial charge in [0.25, 0.3) is 0 Å². The van der Waals surface area contributed by atoms with E-state index in [1.807, 2.05) is 18.8 Å². The van der Waals surface area contributed by atoms with Gasteiger partial charge in [-0.25, -0.2) is 9.97 Å². The Balaban J connectivity index is 2.48. The topological polar surface area (TPSA) is 37.8 Å². The van der Waals surface area contributed by atoms with Crippen LogP contribution in [-0.2, 0) is 5.41 Å². The Morgan fingerprint density at radius 1 is 1.24 bits per heavy atom. The van der Waals surface area contributed by atoms with E-state index in [-0.39, 0.29) is 5.41 Å². The first kappa shape index (κ1) is 17.4. The second-order valence-corrected chi connectivity index (χ2v) is 9.59. The van der Waals surface area contributed by atoms with Gasteiger partial charge in [-0.05, 0) is 22.4 Å². The number of aromatic nitrogens is 2. The largest absolute Gasteiger partial charge is 0.372 e. The summed E-state index contributed by atoms with van der Waals surface area (Å²) >= 11 is 7.74. The molecule has 6 heteroatoms. The number of thioether (sulfide) groups is 2. The number of rotatable bonds is 3. The van der Waals surface area contributed by atoms with E-state index < -0.39 is 0 Å². The fraction of sp³-hybridized carbons (Fsp3) is 0.733. The standard InChI is InChI=1S/C15H24BrN3S2/c1-6-9-11(21-8-7-20-9)14-18-12(15(2,3)4)10(16)13(17-5)19-14/h9,11H,6-8H2,1-5H3,(H,17,18,19). The average Bonchev–Trinajstić information content (AvgIpc) is 2.46. The van der Waals surface area contributed by atoms with Crippen molar-refractivity contribution in [1.82, 2.24) is 9.97 Å². The van der Waals surface area contributed by atoms with Gasteiger partial charge in [0.15, 0.2) is 0 Å². The summed E-state index contributed by atoms with van der Waals surface area (Å²) in [6.45, 7) is 8.86. The Morgan fingerprint density at radius 2 is 1.90 bits per heavy atom. The third-order valence-corrected chi connectivity index (χ3v) is 7.52. The Morgan fingerprint density at radius 3 is 2.48 bits per heavy atom. The highest BCUT2D eigenvalue weighted by molar-refractivity contribution is 9.10. The van der Waals surface area contributed by atoms with E-state index in [2.05, 4.69) is 60.7 Å². The zero-order valence-corrected chi connectivity index (χ0v) is 16.6. The molecule has 0 bridgehead atoms. The maximum atomic E-state index is 4.94. The summed E-state index contributed by atoms with van der Waals surface area (Å²) in [5, 5.41) is 4.22. The molecule has 118 valence electrons. The summed E-state index contributed by atoms with van der Waals surface area (Å²) in [6.07, 6.45) is 1.17. The van der Waals surface area contributed by atoms with Gasteiger partial charge in [-0.1, -0.05) is 27.7 Å². The first-order valence-corrected chi connectivity index (χ1v) is 10.3. The molecular weight excluding hydrogens is 366 g/mol. The third kappa shape index (κ3) is 3.88. The lowest BCUT2D eigenvalue weighted by molar-refractivity contribution is 0.556. The van der Waals surface area contributed by atoms with Crippen molar-refractivity contribution in [3.63, 3.8) is 0 Å². The van der Waals surface area contributed by atoms with Crippen molar-refractivity contribution in [3.05, 3.63) is 16.0 Å². The quantitative estimate of drug-likeness (QED) is 0.796. The molecule has 0 saturated carbocycles. The molecule has 1 N–H and O–H groups in total. The highest BCUT2D eigenvalue weighted by Crippen LogP contribution is 2.44. The number of hydrogen-bond donors (Lipinski definition) is 1. The van der Waals surface area contributed by atoms with E-state index in [4.69, 9.17) is 9.97 Å². The van der Waals surface area contributed by atoms with Crippen LogP contribution >= 0.6 is 39.5 Å². The van der Waals surface area contributed by atoms with E-state index in [0.717, 1.165) is 21.8 Å². The maximum Gasteiger partial charge on any atom is 0.145 e. The van der Waals surface area contributed by atoms with Gasteiger partial charge in [0.05, 0.1) is 15.4 Å². The van der Waals surface area contributed by atoms with Gasteiger partial charge >= 0.3 is 0 Å². The summed E-state index contributed by atoms with van der Waals surface area (Å²) in [7, 11) is 1.92. The van der Waals surface area contributed by atoms with Gasteiger partial charge in [-0.15, -0.1) is 11.8 Å². The average molecular weight is 390 g/mol. The Kier molecular flexibility index (Phi) is 5.88. The lowest BCUT2D eigenvalue weighted by Gasteiger charge is -2.30. The third-order valence-electron chi connectivity index (χ3n) is 3.52. The number of halogens is 1. The molecule has 1 aliphatic rings. The maximum absolute atomic E-state index is 4.94. The molecule has 0 aromatic carbocycles. The molecule has 1 fully saturated rings. The van der Waals surface area contributed by atoms with Crippen LogP contribution in [0, 0.1) is 0 Å². The first-order valence-electron chi connectivity index (χ1n) is 7.37. The monoisotopic (exact) mass is 389 g/mol. The molecule has 1 saturated heterocycles. The number of nitrogens with zero attached hydrogens (tertiary/aromatic N) is 2. The predicted molar refractivity (Wildman–Crippen MR) is 99.7 cm³/mol. The molecule has 1 aliphatic heterocycles. The van der Waals surface area contributed by atoms with Crippen LogP contribution in [0.2, 0.25) is 0 Å². The Hall–Kier alpha value is 0.0600. The van der Waals surface area contributed by atoms with Gasteiger partial charge in [-0.3, -0.25) is 0 Å². The minimum absolute atomic E-state index is 0.00366. The van der Waals surface area contributed by atoms with Crippen LogP contribution in [0.15, 0.2) is 4.47 Å². The molecule has 1 aromatic rings. The van der Waals surface area contributed by atoms with Crippen molar-refractivity contribution >= 4 is 45.3 Å². The van der Waals surface area contributed by atoms with Gasteiger partial charge in [0.1, 0.15) is 11.6 Å². The molecule has 1 aromatic heterocycles. The van der Waals surface area contributed by atoms with Crippen LogP contribution in [0.25, 0.3) is 0 Å². The fourth-order valence-corrected chi connectivity index (χ4v) is 6.36. The van der Waals surface area contributed by atoms with E-state index in [1.165, 1.54) is 17.9 Å². The second kappa shape index (κ2) is 7.09. The fourth-order valence-electron chi connectivity index (χ4n) is 2.40. The van der Waals surface area contributed by atoms with Crippen LogP contribution in [0.3, 0.4) is 0 Å². The summed E-state index contributed by atoms with van der Waals surface area (Å²) in [6, 6.07) is 0. The Labute approximate surface area is 145 Å². The molecule has 2 unspecified atom stereocenters. The normalized spacial score (nSPS) is 23.1. The molecular formula is C15H24BrN3S2. The molecule has 2 rings (SSSR count). The lowest BCUT2D eigenvalue weighted by atomic mass is 9.91. The zero-order valence-electron chi connectivity index (χ0n) is 13.4. The SMILES string of the molecule is CCC1SCCSC1c1nc(NC)c(Br)c(C(C)(C)C)n1. The lowest BCUT2D eigenvalue weighted by Crippen LogP contribution is -2.24. The van der Waals surface area contributed by atoms with Crippen LogP contribution in [-0.4, -0.2) is 33.8 Å². The van der Waals surface area contributed by atoms with E-state index in [9.17, 15) is 0 Å². The van der Waals surface area contributed by atoms with Crippen molar-refractivity contribution in [1.29, 1.82) is 0 Å². The number of anilines is 1. The van der Waals surface area contributed by atoms with Crippen molar-refractivity contribution in [2.45, 2.75) is 50.0 Å². The van der Waals surface area contributed by atoms with Crippen molar-refractivity contribution in [2.75, 3.05) is 23.9 Å². The van der Waals surface area contributed by atoms with Gasteiger partial charge in [-0.2, -0.15) is 11.8 Å². The van der Waals surface area contributed by atoms with Crippen molar-refractivity contribution in [2.24, 2.45) is 0 Å². The van der Waals surface area contributed by atoms with Crippen LogP contribution < -0.4 is 5.32 Å². The summed E-state index contributed by atoms with van der Waals surface area (Å²) in [5.74, 6) is 4.30. The summed E-state index contributed by atoms with van der Waals surface area (Å²) in [5.41, 5.74) is 1.08. The van der Waals surface area contributed by atoms with Gasteiger partial charge < -0.3 is 5.32 Å².